The molecule has 0 aliphatic rings. The number of amides is 2. The van der Waals surface area contributed by atoms with Crippen LogP contribution in [0.2, 0.25) is 0 Å². The largest absolute Gasteiger partial charge is 0.366 e. The molecule has 0 saturated carbocycles. The Balaban J connectivity index is 2.48. The van der Waals surface area contributed by atoms with Crippen molar-refractivity contribution < 1.29 is 9.59 Å². The fourth-order valence-corrected chi connectivity index (χ4v) is 2.85. The highest BCUT2D eigenvalue weighted by Gasteiger charge is 2.10. The first-order valence-corrected chi connectivity index (χ1v) is 8.00. The Morgan fingerprint density at radius 3 is 1.08 bits per heavy atom. The zero-order valence-corrected chi connectivity index (χ0v) is 14.0. The summed E-state index contributed by atoms with van der Waals surface area (Å²) in [6.07, 6.45) is 1.72. The third kappa shape index (κ3) is 3.71. The van der Waals surface area contributed by atoms with Crippen molar-refractivity contribution in [3.05, 3.63) is 70.8 Å². The minimum Gasteiger partial charge on any atom is -0.366 e. The average molecular weight is 322 g/mol. The molecule has 2 aromatic carbocycles. The number of hydrogen-bond acceptors (Lipinski definition) is 2. The van der Waals surface area contributed by atoms with Gasteiger partial charge in [0.05, 0.1) is 0 Å². The van der Waals surface area contributed by atoms with E-state index in [0.29, 0.717) is 11.1 Å². The summed E-state index contributed by atoms with van der Waals surface area (Å²) < 4.78 is 0. The Bertz CT molecular complexity index is 705. The molecule has 0 aliphatic heterocycles. The Morgan fingerprint density at radius 1 is 0.625 bits per heavy atom. The van der Waals surface area contributed by atoms with Crippen molar-refractivity contribution in [2.45, 2.75) is 26.7 Å². The number of carbonyl (C=O) groups is 2. The highest BCUT2D eigenvalue weighted by atomic mass is 16.1. The molecular formula is C20H22N2O2. The van der Waals surface area contributed by atoms with Crippen LogP contribution in [0, 0.1) is 0 Å². The van der Waals surface area contributed by atoms with Gasteiger partial charge in [-0.05, 0) is 59.4 Å². The van der Waals surface area contributed by atoms with Crippen molar-refractivity contribution in [3.63, 3.8) is 0 Å². The number of carbonyl (C=O) groups excluding carboxylic acids is 2. The van der Waals surface area contributed by atoms with Crippen LogP contribution in [0.15, 0.2) is 48.5 Å². The van der Waals surface area contributed by atoms with Gasteiger partial charge in [-0.3, -0.25) is 9.59 Å². The van der Waals surface area contributed by atoms with Gasteiger partial charge in [-0.15, -0.1) is 0 Å². The van der Waals surface area contributed by atoms with Crippen molar-refractivity contribution in [3.8, 4) is 0 Å². The molecule has 0 aliphatic carbocycles. The smallest absolute Gasteiger partial charge is 0.248 e. The van der Waals surface area contributed by atoms with Crippen molar-refractivity contribution in [1.29, 1.82) is 0 Å². The fraction of sp³-hybridized carbons (Fsp3) is 0.200. The van der Waals surface area contributed by atoms with Gasteiger partial charge >= 0.3 is 0 Å². The zero-order chi connectivity index (χ0) is 17.7. The fourth-order valence-electron chi connectivity index (χ4n) is 2.85. The number of allylic oxidation sites excluding steroid dienone is 2. The number of hydrogen-bond donors (Lipinski definition) is 2. The van der Waals surface area contributed by atoms with Gasteiger partial charge in [0.15, 0.2) is 0 Å². The molecule has 0 heterocycles. The van der Waals surface area contributed by atoms with E-state index < -0.39 is 11.8 Å². The third-order valence-corrected chi connectivity index (χ3v) is 4.11. The van der Waals surface area contributed by atoms with E-state index in [4.69, 9.17) is 11.5 Å². The normalized spacial score (nSPS) is 11.8. The number of nitrogens with two attached hydrogens (primary N) is 2. The summed E-state index contributed by atoms with van der Waals surface area (Å²) in [6, 6.07) is 14.7. The quantitative estimate of drug-likeness (QED) is 0.796. The summed E-state index contributed by atoms with van der Waals surface area (Å²) in [4.78, 5) is 22.4. The highest BCUT2D eigenvalue weighted by molar-refractivity contribution is 5.96. The molecule has 4 N–H and O–H groups in total. The number of primary amides is 2. The van der Waals surface area contributed by atoms with Gasteiger partial charge in [-0.2, -0.15) is 0 Å². The Kier molecular flexibility index (Phi) is 5.53. The predicted molar refractivity (Wildman–Crippen MR) is 97.3 cm³/mol. The van der Waals surface area contributed by atoms with Crippen LogP contribution in [0.4, 0.5) is 0 Å². The van der Waals surface area contributed by atoms with E-state index in [2.05, 4.69) is 13.8 Å². The minimum absolute atomic E-state index is 0.429. The van der Waals surface area contributed by atoms with E-state index in [9.17, 15) is 9.59 Å². The second-order valence-electron chi connectivity index (χ2n) is 5.55. The molecule has 0 spiro atoms. The van der Waals surface area contributed by atoms with Gasteiger partial charge in [0.2, 0.25) is 11.8 Å². The van der Waals surface area contributed by atoms with Crippen LogP contribution in [-0.2, 0) is 0 Å². The molecule has 0 radical (unpaired) electrons. The lowest BCUT2D eigenvalue weighted by Gasteiger charge is -2.14. The summed E-state index contributed by atoms with van der Waals surface area (Å²) in [5.74, 6) is -0.859. The molecule has 2 amide bonds. The average Bonchev–Trinajstić information content (AvgIpc) is 2.59. The molecule has 0 saturated heterocycles. The van der Waals surface area contributed by atoms with E-state index in [1.165, 1.54) is 11.1 Å². The Morgan fingerprint density at radius 2 is 0.875 bits per heavy atom. The molecule has 2 aromatic rings. The Hall–Kier alpha value is -2.88. The maximum atomic E-state index is 11.2. The van der Waals surface area contributed by atoms with Gasteiger partial charge in [-0.1, -0.05) is 38.1 Å². The van der Waals surface area contributed by atoms with Crippen LogP contribution in [0.1, 0.15) is 58.5 Å². The molecule has 24 heavy (non-hydrogen) atoms. The summed E-state index contributed by atoms with van der Waals surface area (Å²) in [7, 11) is 0. The van der Waals surface area contributed by atoms with E-state index in [1.807, 2.05) is 24.3 Å². The third-order valence-electron chi connectivity index (χ3n) is 4.11. The van der Waals surface area contributed by atoms with Gasteiger partial charge in [0.1, 0.15) is 0 Å². The van der Waals surface area contributed by atoms with E-state index in [0.717, 1.165) is 24.0 Å². The van der Waals surface area contributed by atoms with Crippen LogP contribution < -0.4 is 11.5 Å². The molecule has 4 heteroatoms. The molecule has 0 fully saturated rings. The number of benzene rings is 2. The maximum absolute atomic E-state index is 11.2. The summed E-state index contributed by atoms with van der Waals surface area (Å²) in [6.45, 7) is 4.20. The lowest BCUT2D eigenvalue weighted by atomic mass is 9.90. The van der Waals surface area contributed by atoms with Crippen molar-refractivity contribution >= 4 is 23.0 Å². The van der Waals surface area contributed by atoms with Crippen LogP contribution in [0.25, 0.3) is 11.1 Å². The van der Waals surface area contributed by atoms with Crippen LogP contribution >= 0.6 is 0 Å². The molecule has 0 bridgehead atoms. The first-order chi connectivity index (χ1) is 11.5. The van der Waals surface area contributed by atoms with E-state index >= 15 is 0 Å². The van der Waals surface area contributed by atoms with Crippen molar-refractivity contribution in [2.75, 3.05) is 0 Å². The molecular weight excluding hydrogens is 300 g/mol. The first-order valence-electron chi connectivity index (χ1n) is 8.00. The molecule has 4 nitrogen and oxygen atoms in total. The van der Waals surface area contributed by atoms with E-state index in [1.54, 1.807) is 24.3 Å². The predicted octanol–water partition coefficient (Wildman–Crippen LogP) is 3.62. The molecule has 124 valence electrons. The van der Waals surface area contributed by atoms with Gasteiger partial charge in [0, 0.05) is 11.1 Å². The molecule has 0 unspecified atom stereocenters. The second-order valence-corrected chi connectivity index (χ2v) is 5.55. The van der Waals surface area contributed by atoms with Crippen LogP contribution in [0.5, 0.6) is 0 Å². The van der Waals surface area contributed by atoms with Gasteiger partial charge in [0.25, 0.3) is 0 Å². The van der Waals surface area contributed by atoms with Crippen molar-refractivity contribution in [1.82, 2.24) is 0 Å². The second kappa shape index (κ2) is 7.59. The van der Waals surface area contributed by atoms with Gasteiger partial charge < -0.3 is 11.5 Å². The summed E-state index contributed by atoms with van der Waals surface area (Å²) in [5.41, 5.74) is 16.1. The SMILES string of the molecule is CC/C(=C(\CC)c1ccc(C(N)=O)cc1)c1ccc(C(N)=O)cc1. The summed E-state index contributed by atoms with van der Waals surface area (Å²) in [5, 5.41) is 0. The topological polar surface area (TPSA) is 86.2 Å². The standard InChI is InChI=1S/C20H22N2O2/c1-3-17(13-5-9-15(10-6-13)19(21)23)18(4-2)14-7-11-16(12-8-14)20(22)24/h5-12H,3-4H2,1-2H3,(H2,21,23)(H2,22,24)/b18-17-. The molecule has 2 rings (SSSR count). The molecule has 0 atom stereocenters. The van der Waals surface area contributed by atoms with Gasteiger partial charge in [-0.25, -0.2) is 0 Å². The number of rotatable bonds is 6. The summed E-state index contributed by atoms with van der Waals surface area (Å²) >= 11 is 0. The lowest BCUT2D eigenvalue weighted by molar-refractivity contribution is 0.0992. The highest BCUT2D eigenvalue weighted by Crippen LogP contribution is 2.31. The van der Waals surface area contributed by atoms with E-state index in [-0.39, 0.29) is 0 Å². The van der Waals surface area contributed by atoms with Crippen LogP contribution in [0.3, 0.4) is 0 Å². The van der Waals surface area contributed by atoms with Crippen LogP contribution in [-0.4, -0.2) is 11.8 Å². The maximum Gasteiger partial charge on any atom is 0.248 e. The Labute approximate surface area is 142 Å². The minimum atomic E-state index is -0.429. The monoisotopic (exact) mass is 322 g/mol. The lowest BCUT2D eigenvalue weighted by Crippen LogP contribution is -2.10. The molecule has 0 aromatic heterocycles. The zero-order valence-electron chi connectivity index (χ0n) is 14.0. The first kappa shape index (κ1) is 17.5. The van der Waals surface area contributed by atoms with Crippen molar-refractivity contribution in [2.24, 2.45) is 11.5 Å².